The summed E-state index contributed by atoms with van der Waals surface area (Å²) < 4.78 is 0. The van der Waals surface area contributed by atoms with E-state index in [2.05, 4.69) is 5.10 Å². The van der Waals surface area contributed by atoms with Crippen LogP contribution >= 0.6 is 11.8 Å². The van der Waals surface area contributed by atoms with Crippen molar-refractivity contribution in [2.45, 2.75) is 6.42 Å². The lowest BCUT2D eigenvalue weighted by molar-refractivity contribution is 0.945. The maximum absolute atomic E-state index is 5.26. The van der Waals surface area contributed by atoms with Gasteiger partial charge in [-0.05, 0) is 13.0 Å². The lowest BCUT2D eigenvalue weighted by atomic mass is 10.5. The minimum absolute atomic E-state index is 0.420. The zero-order chi connectivity index (χ0) is 7.11. The highest BCUT2D eigenvalue weighted by atomic mass is 32.2. The second-order valence-electron chi connectivity index (χ2n) is 1.46. The molecule has 5 heteroatoms. The Morgan fingerprint density at radius 1 is 1.56 bits per heavy atom. The lowest BCUT2D eigenvalue weighted by Gasteiger charge is -1.95. The van der Waals surface area contributed by atoms with Crippen molar-refractivity contribution >= 4 is 16.9 Å². The molecule has 0 saturated carbocycles. The molecule has 0 rings (SSSR count). The van der Waals surface area contributed by atoms with Gasteiger partial charge >= 0.3 is 0 Å². The Labute approximate surface area is 58.8 Å². The second kappa shape index (κ2) is 5.71. The van der Waals surface area contributed by atoms with E-state index in [1.165, 1.54) is 11.8 Å². The first kappa shape index (κ1) is 8.58. The third-order valence-corrected chi connectivity index (χ3v) is 1.62. The third-order valence-electron chi connectivity index (χ3n) is 0.726. The van der Waals surface area contributed by atoms with Gasteiger partial charge in [0.1, 0.15) is 0 Å². The van der Waals surface area contributed by atoms with Gasteiger partial charge in [0, 0.05) is 5.75 Å². The first-order chi connectivity index (χ1) is 4.31. The fourth-order valence-corrected chi connectivity index (χ4v) is 0.892. The number of amidine groups is 1. The van der Waals surface area contributed by atoms with Gasteiger partial charge in [0.15, 0.2) is 5.17 Å². The molecule has 0 unspecified atom stereocenters. The van der Waals surface area contributed by atoms with Crippen molar-refractivity contribution in [1.29, 1.82) is 0 Å². The van der Waals surface area contributed by atoms with Crippen molar-refractivity contribution in [3.05, 3.63) is 0 Å². The van der Waals surface area contributed by atoms with E-state index < -0.39 is 0 Å². The van der Waals surface area contributed by atoms with Gasteiger partial charge < -0.3 is 17.3 Å². The van der Waals surface area contributed by atoms with Crippen molar-refractivity contribution in [2.75, 3.05) is 12.3 Å². The second-order valence-corrected chi connectivity index (χ2v) is 2.57. The van der Waals surface area contributed by atoms with Crippen LogP contribution in [0.1, 0.15) is 6.42 Å². The SMILES string of the molecule is NCCCS/C(N)=N/N. The lowest BCUT2D eigenvalue weighted by Crippen LogP contribution is -2.11. The van der Waals surface area contributed by atoms with Crippen LogP contribution in [0, 0.1) is 0 Å². The monoisotopic (exact) mass is 148 g/mol. The number of hydrazone groups is 1. The predicted molar refractivity (Wildman–Crippen MR) is 41.9 cm³/mol. The van der Waals surface area contributed by atoms with Gasteiger partial charge in [-0.1, -0.05) is 11.8 Å². The maximum atomic E-state index is 5.26. The Balaban J connectivity index is 3.07. The van der Waals surface area contributed by atoms with Crippen LogP contribution in [0.5, 0.6) is 0 Å². The normalized spacial score (nSPS) is 11.9. The van der Waals surface area contributed by atoms with Gasteiger partial charge in [0.2, 0.25) is 0 Å². The van der Waals surface area contributed by atoms with Crippen molar-refractivity contribution in [2.24, 2.45) is 22.4 Å². The predicted octanol–water partition coefficient (Wildman–Crippen LogP) is -0.743. The molecular weight excluding hydrogens is 136 g/mol. The quantitative estimate of drug-likeness (QED) is 0.162. The van der Waals surface area contributed by atoms with Crippen LogP contribution in [0.25, 0.3) is 0 Å². The van der Waals surface area contributed by atoms with Gasteiger partial charge in [-0.25, -0.2) is 0 Å². The summed E-state index contributed by atoms with van der Waals surface area (Å²) in [4.78, 5) is 0. The van der Waals surface area contributed by atoms with Crippen molar-refractivity contribution in [3.8, 4) is 0 Å². The average Bonchev–Trinajstić information content (AvgIpc) is 1.89. The molecule has 0 heterocycles. The highest BCUT2D eigenvalue weighted by Gasteiger charge is 1.89. The summed E-state index contributed by atoms with van der Waals surface area (Å²) in [5.74, 6) is 5.76. The molecule has 0 atom stereocenters. The fraction of sp³-hybridized carbons (Fsp3) is 0.750. The van der Waals surface area contributed by atoms with Crippen molar-refractivity contribution in [3.63, 3.8) is 0 Å². The van der Waals surface area contributed by atoms with Gasteiger partial charge in [-0.3, -0.25) is 0 Å². The molecule has 0 aromatic rings. The molecular formula is C4H12N4S. The Kier molecular flexibility index (Phi) is 5.45. The van der Waals surface area contributed by atoms with Gasteiger partial charge in [-0.15, -0.1) is 0 Å². The summed E-state index contributed by atoms with van der Waals surface area (Å²) >= 11 is 1.42. The van der Waals surface area contributed by atoms with Crippen LogP contribution in [0.3, 0.4) is 0 Å². The molecule has 0 aromatic heterocycles. The Morgan fingerprint density at radius 2 is 2.22 bits per heavy atom. The van der Waals surface area contributed by atoms with Gasteiger partial charge in [0.05, 0.1) is 0 Å². The standard InChI is InChI=1S/C4H12N4S/c5-2-1-3-9-4(6)8-7/h1-3,5,7H2,(H2,6,8). The Morgan fingerprint density at radius 3 is 2.67 bits per heavy atom. The van der Waals surface area contributed by atoms with E-state index in [9.17, 15) is 0 Å². The van der Waals surface area contributed by atoms with Gasteiger partial charge in [0.25, 0.3) is 0 Å². The van der Waals surface area contributed by atoms with Crippen molar-refractivity contribution < 1.29 is 0 Å². The fourth-order valence-electron chi connectivity index (χ4n) is 0.297. The van der Waals surface area contributed by atoms with Crippen LogP contribution in [-0.2, 0) is 0 Å². The smallest absolute Gasteiger partial charge is 0.177 e. The molecule has 0 aromatic carbocycles. The number of thioether (sulfide) groups is 1. The van der Waals surface area contributed by atoms with E-state index in [-0.39, 0.29) is 0 Å². The zero-order valence-corrected chi connectivity index (χ0v) is 6.03. The minimum atomic E-state index is 0.420. The highest BCUT2D eigenvalue weighted by molar-refractivity contribution is 8.13. The highest BCUT2D eigenvalue weighted by Crippen LogP contribution is 1.99. The molecule has 0 saturated heterocycles. The molecule has 0 amide bonds. The summed E-state index contributed by atoms with van der Waals surface area (Å²) in [6, 6.07) is 0. The topological polar surface area (TPSA) is 90.4 Å². The third kappa shape index (κ3) is 5.45. The van der Waals surface area contributed by atoms with Crippen LogP contribution in [0.4, 0.5) is 0 Å². The summed E-state index contributed by atoms with van der Waals surface area (Å²) in [6.45, 7) is 0.685. The van der Waals surface area contributed by atoms with Gasteiger partial charge in [-0.2, -0.15) is 5.10 Å². The molecule has 0 spiro atoms. The summed E-state index contributed by atoms with van der Waals surface area (Å²) in [5.41, 5.74) is 10.5. The Hall–Kier alpha value is -0.420. The molecule has 0 aliphatic heterocycles. The van der Waals surface area contributed by atoms with E-state index in [0.717, 1.165) is 12.2 Å². The molecule has 0 bridgehead atoms. The van der Waals surface area contributed by atoms with Crippen LogP contribution < -0.4 is 17.3 Å². The molecule has 6 N–H and O–H groups in total. The molecule has 0 fully saturated rings. The summed E-state index contributed by atoms with van der Waals surface area (Å²) in [7, 11) is 0. The number of hydrogen-bond acceptors (Lipinski definition) is 4. The summed E-state index contributed by atoms with van der Waals surface area (Å²) in [6.07, 6.45) is 0.945. The molecule has 0 aliphatic carbocycles. The largest absolute Gasteiger partial charge is 0.377 e. The van der Waals surface area contributed by atoms with Crippen LogP contribution in [-0.4, -0.2) is 17.5 Å². The van der Waals surface area contributed by atoms with E-state index >= 15 is 0 Å². The molecule has 0 aliphatic rings. The van der Waals surface area contributed by atoms with Crippen LogP contribution in [0.15, 0.2) is 5.10 Å². The van der Waals surface area contributed by atoms with E-state index in [4.69, 9.17) is 17.3 Å². The number of nitrogens with zero attached hydrogens (tertiary/aromatic N) is 1. The molecule has 0 radical (unpaired) electrons. The van der Waals surface area contributed by atoms with E-state index in [1.807, 2.05) is 0 Å². The number of hydrogen-bond donors (Lipinski definition) is 3. The maximum Gasteiger partial charge on any atom is 0.177 e. The first-order valence-corrected chi connectivity index (χ1v) is 3.66. The minimum Gasteiger partial charge on any atom is -0.377 e. The first-order valence-electron chi connectivity index (χ1n) is 2.67. The van der Waals surface area contributed by atoms with E-state index in [1.54, 1.807) is 0 Å². The summed E-state index contributed by atoms with van der Waals surface area (Å²) in [5, 5.41) is 3.70. The number of nitrogens with two attached hydrogens (primary N) is 3. The average molecular weight is 148 g/mol. The molecule has 54 valence electrons. The molecule has 9 heavy (non-hydrogen) atoms. The van der Waals surface area contributed by atoms with Crippen LogP contribution in [0.2, 0.25) is 0 Å². The zero-order valence-electron chi connectivity index (χ0n) is 5.21. The van der Waals surface area contributed by atoms with Crippen molar-refractivity contribution in [1.82, 2.24) is 0 Å². The molecule has 4 nitrogen and oxygen atoms in total. The number of rotatable bonds is 3. The Bertz CT molecular complexity index is 92.6. The van der Waals surface area contributed by atoms with E-state index in [0.29, 0.717) is 11.7 Å².